The molecule has 26 heavy (non-hydrogen) atoms. The summed E-state index contributed by atoms with van der Waals surface area (Å²) < 4.78 is 2.32. The third kappa shape index (κ3) is 21.3. The third-order valence-corrected chi connectivity index (χ3v) is 9.26. The first-order chi connectivity index (χ1) is 12.4. The number of unbranched alkanes of at least 4 members (excludes halogenated alkanes) is 7. The van der Waals surface area contributed by atoms with E-state index in [4.69, 9.17) is 60.3 Å². The fourth-order valence-electron chi connectivity index (χ4n) is 1.91. The van der Waals surface area contributed by atoms with E-state index in [9.17, 15) is 0 Å². The summed E-state index contributed by atoms with van der Waals surface area (Å²) in [5.41, 5.74) is 10.8. The van der Waals surface area contributed by atoms with E-state index in [-0.39, 0.29) is 0 Å². The zero-order valence-corrected chi connectivity index (χ0v) is 21.0. The SMILES string of the molecule is NC(=S)SSC(=S)NCCCCCCCCCCNC(=S)SSC(N)=S. The number of hydrogen-bond acceptors (Lipinski definition) is 8. The van der Waals surface area contributed by atoms with Gasteiger partial charge in [0, 0.05) is 13.1 Å². The van der Waals surface area contributed by atoms with Crippen molar-refractivity contribution in [1.82, 2.24) is 10.6 Å². The summed E-state index contributed by atoms with van der Waals surface area (Å²) in [7, 11) is 5.48. The van der Waals surface area contributed by atoms with Crippen molar-refractivity contribution in [2.45, 2.75) is 51.4 Å². The number of hydrogen-bond donors (Lipinski definition) is 4. The maximum atomic E-state index is 5.40. The summed E-state index contributed by atoms with van der Waals surface area (Å²) in [5, 5.41) is 6.42. The Kier molecular flexibility index (Phi) is 20.0. The van der Waals surface area contributed by atoms with Crippen molar-refractivity contribution < 1.29 is 0 Å². The molecule has 0 radical (unpaired) electrons. The summed E-state index contributed by atoms with van der Waals surface area (Å²) in [6.07, 6.45) is 9.89. The van der Waals surface area contributed by atoms with Gasteiger partial charge in [0.15, 0.2) is 0 Å². The highest BCUT2D eigenvalue weighted by Gasteiger charge is 2.00. The van der Waals surface area contributed by atoms with Crippen molar-refractivity contribution in [3.8, 4) is 0 Å². The Morgan fingerprint density at radius 2 is 0.846 bits per heavy atom. The molecule has 0 aliphatic carbocycles. The molecule has 0 aromatic heterocycles. The van der Waals surface area contributed by atoms with E-state index in [2.05, 4.69) is 10.6 Å². The third-order valence-electron chi connectivity index (χ3n) is 3.04. The summed E-state index contributed by atoms with van der Waals surface area (Å²) in [6, 6.07) is 0. The monoisotopic (exact) mass is 506 g/mol. The first-order valence-corrected chi connectivity index (χ1v) is 14.2. The van der Waals surface area contributed by atoms with Crippen LogP contribution in [0, 0.1) is 0 Å². The molecular weight excluding hydrogens is 481 g/mol. The maximum Gasteiger partial charge on any atom is 0.144 e. The fraction of sp³-hybridized carbons (Fsp3) is 0.714. The predicted octanol–water partition coefficient (Wildman–Crippen LogP) is 5.11. The van der Waals surface area contributed by atoms with Crippen LogP contribution < -0.4 is 22.1 Å². The molecule has 0 amide bonds. The number of nitrogens with two attached hydrogens (primary N) is 2. The minimum absolute atomic E-state index is 0.409. The molecule has 0 aromatic carbocycles. The van der Waals surface area contributed by atoms with Crippen LogP contribution in [0.15, 0.2) is 0 Å². The lowest BCUT2D eigenvalue weighted by atomic mass is 10.1. The van der Waals surface area contributed by atoms with Gasteiger partial charge < -0.3 is 22.1 Å². The van der Waals surface area contributed by atoms with E-state index < -0.39 is 0 Å². The van der Waals surface area contributed by atoms with Crippen molar-refractivity contribution in [2.75, 3.05) is 13.1 Å². The molecule has 0 atom stereocenters. The number of nitrogens with one attached hydrogen (secondary N) is 2. The molecule has 0 rings (SSSR count). The van der Waals surface area contributed by atoms with Crippen molar-refractivity contribution in [3.05, 3.63) is 0 Å². The second kappa shape index (κ2) is 19.3. The van der Waals surface area contributed by atoms with Gasteiger partial charge in [0.25, 0.3) is 0 Å². The normalized spacial score (nSPS) is 10.3. The number of thiocarbonyl (C=S) groups is 4. The van der Waals surface area contributed by atoms with E-state index in [1.54, 1.807) is 0 Å². The molecule has 4 nitrogen and oxygen atoms in total. The van der Waals surface area contributed by atoms with Gasteiger partial charge in [-0.25, -0.2) is 0 Å². The molecule has 0 spiro atoms. The Hall–Kier alpha value is 0.960. The Morgan fingerprint density at radius 1 is 0.538 bits per heavy atom. The van der Waals surface area contributed by atoms with E-state index in [0.717, 1.165) is 34.6 Å². The zero-order chi connectivity index (χ0) is 19.6. The summed E-state index contributed by atoms with van der Waals surface area (Å²) in [6.45, 7) is 1.83. The first-order valence-electron chi connectivity index (χ1n) is 8.25. The van der Waals surface area contributed by atoms with E-state index in [1.807, 2.05) is 0 Å². The molecule has 0 saturated heterocycles. The van der Waals surface area contributed by atoms with Gasteiger partial charge in [-0.1, -0.05) is 87.4 Å². The molecule has 0 bridgehead atoms. The molecular formula is C14H26N4S8. The van der Waals surface area contributed by atoms with Gasteiger partial charge in [-0.05, 0) is 56.0 Å². The zero-order valence-electron chi connectivity index (χ0n) is 14.5. The average Bonchev–Trinajstić information content (AvgIpc) is 2.59. The van der Waals surface area contributed by atoms with Crippen LogP contribution in [0.3, 0.4) is 0 Å². The highest BCUT2D eigenvalue weighted by Crippen LogP contribution is 2.22. The molecule has 0 fully saturated rings. The van der Waals surface area contributed by atoms with Crippen LogP contribution in [0.5, 0.6) is 0 Å². The van der Waals surface area contributed by atoms with E-state index in [0.29, 0.717) is 8.64 Å². The smallest absolute Gasteiger partial charge is 0.144 e. The van der Waals surface area contributed by atoms with Crippen molar-refractivity contribution in [2.24, 2.45) is 11.5 Å². The second-order valence-electron chi connectivity index (χ2n) is 5.23. The molecule has 150 valence electrons. The van der Waals surface area contributed by atoms with Crippen molar-refractivity contribution >= 4 is 109 Å². The second-order valence-corrected chi connectivity index (χ2v) is 12.3. The average molecular weight is 507 g/mol. The number of rotatable bonds is 11. The Balaban J connectivity index is 3.24. The summed E-state index contributed by atoms with van der Waals surface area (Å²) in [5.74, 6) is 0. The van der Waals surface area contributed by atoms with Crippen LogP contribution >= 0.6 is 92.0 Å². The molecule has 12 heteroatoms. The Labute approximate surface area is 194 Å². The topological polar surface area (TPSA) is 76.1 Å². The van der Waals surface area contributed by atoms with Gasteiger partial charge in [-0.3, -0.25) is 0 Å². The first kappa shape index (κ1) is 27.0. The molecule has 0 unspecified atom stereocenters. The molecule has 0 aliphatic heterocycles. The molecule has 0 aliphatic rings. The Bertz CT molecular complexity index is 407. The molecule has 0 heterocycles. The van der Waals surface area contributed by atoms with Gasteiger partial charge >= 0.3 is 0 Å². The molecule has 0 saturated carbocycles. The van der Waals surface area contributed by atoms with Crippen LogP contribution in [0.4, 0.5) is 0 Å². The van der Waals surface area contributed by atoms with Crippen LogP contribution in [-0.2, 0) is 0 Å². The Morgan fingerprint density at radius 3 is 1.15 bits per heavy atom. The van der Waals surface area contributed by atoms with Crippen LogP contribution in [0.1, 0.15) is 51.4 Å². The lowest BCUT2D eigenvalue weighted by Gasteiger charge is -2.07. The van der Waals surface area contributed by atoms with Crippen LogP contribution in [0.2, 0.25) is 0 Å². The lowest BCUT2D eigenvalue weighted by Crippen LogP contribution is -2.19. The summed E-state index contributed by atoms with van der Waals surface area (Å²) in [4.78, 5) is 0. The van der Waals surface area contributed by atoms with E-state index in [1.165, 1.54) is 81.7 Å². The van der Waals surface area contributed by atoms with Gasteiger partial charge in [-0.15, -0.1) is 0 Å². The fourth-order valence-corrected chi connectivity index (χ4v) is 5.28. The van der Waals surface area contributed by atoms with Crippen molar-refractivity contribution in [3.63, 3.8) is 0 Å². The maximum absolute atomic E-state index is 5.40. The quantitative estimate of drug-likeness (QED) is 0.171. The largest absolute Gasteiger partial charge is 0.384 e. The van der Waals surface area contributed by atoms with E-state index >= 15 is 0 Å². The standard InChI is InChI=1S/C14H26N4S8/c15-11(19)23-25-13(21)17-9-7-5-3-1-2-4-6-8-10-18-14(22)26-24-12(16)20/h1-10H2,(H2,15,19)(H2,16,20)(H,17,21)(H,18,22). The minimum Gasteiger partial charge on any atom is -0.384 e. The van der Waals surface area contributed by atoms with Crippen LogP contribution in [-0.4, -0.2) is 30.4 Å². The van der Waals surface area contributed by atoms with Gasteiger partial charge in [0.1, 0.15) is 17.3 Å². The highest BCUT2D eigenvalue weighted by molar-refractivity contribution is 8.90. The highest BCUT2D eigenvalue weighted by atomic mass is 33.1. The molecule has 0 aromatic rings. The van der Waals surface area contributed by atoms with Gasteiger partial charge in [0.05, 0.1) is 0 Å². The van der Waals surface area contributed by atoms with Gasteiger partial charge in [0.2, 0.25) is 0 Å². The lowest BCUT2D eigenvalue weighted by molar-refractivity contribution is 0.564. The predicted molar refractivity (Wildman–Crippen MR) is 142 cm³/mol. The van der Waals surface area contributed by atoms with Crippen LogP contribution in [0.25, 0.3) is 0 Å². The molecule has 6 N–H and O–H groups in total. The minimum atomic E-state index is 0.409. The summed E-state index contributed by atoms with van der Waals surface area (Å²) >= 11 is 19.9. The van der Waals surface area contributed by atoms with Crippen molar-refractivity contribution in [1.29, 1.82) is 0 Å². The van der Waals surface area contributed by atoms with Gasteiger partial charge in [-0.2, -0.15) is 0 Å².